The van der Waals surface area contributed by atoms with Crippen molar-refractivity contribution in [3.05, 3.63) is 40.6 Å². The number of rotatable bonds is 9. The smallest absolute Gasteiger partial charge is 0.335 e. The molecule has 27 heavy (non-hydrogen) atoms. The van der Waals surface area contributed by atoms with Crippen molar-refractivity contribution in [1.29, 1.82) is 0 Å². The van der Waals surface area contributed by atoms with E-state index in [9.17, 15) is 4.79 Å². The van der Waals surface area contributed by atoms with Gasteiger partial charge in [-0.3, -0.25) is 0 Å². The van der Waals surface area contributed by atoms with Gasteiger partial charge < -0.3 is 26.0 Å². The highest BCUT2D eigenvalue weighted by Crippen LogP contribution is 2.28. The lowest BCUT2D eigenvalue weighted by molar-refractivity contribution is 0.0696. The van der Waals surface area contributed by atoms with E-state index in [4.69, 9.17) is 20.7 Å². The van der Waals surface area contributed by atoms with E-state index in [2.05, 4.69) is 15.3 Å². The topological polar surface area (TPSA) is 131 Å². The highest BCUT2D eigenvalue weighted by Gasteiger charge is 2.16. The Morgan fingerprint density at radius 2 is 2.11 bits per heavy atom. The van der Waals surface area contributed by atoms with Crippen molar-refractivity contribution in [1.82, 2.24) is 9.97 Å². The summed E-state index contributed by atoms with van der Waals surface area (Å²) in [7, 11) is 1.51. The number of aromatic carboxylic acids is 1. The number of aliphatic hydroxyl groups excluding tert-OH is 1. The number of carbonyl (C=O) groups is 1. The molecule has 0 spiro atoms. The molecule has 0 amide bonds. The Morgan fingerprint density at radius 1 is 1.37 bits per heavy atom. The van der Waals surface area contributed by atoms with Gasteiger partial charge in [0.05, 0.1) is 12.7 Å². The molecule has 0 saturated carbocycles. The fourth-order valence-corrected chi connectivity index (χ4v) is 2.87. The van der Waals surface area contributed by atoms with Crippen LogP contribution in [0.5, 0.6) is 5.75 Å². The van der Waals surface area contributed by atoms with Crippen molar-refractivity contribution in [2.45, 2.75) is 39.2 Å². The molecule has 0 unspecified atom stereocenters. The van der Waals surface area contributed by atoms with Gasteiger partial charge in [0.25, 0.3) is 0 Å². The second-order valence-electron chi connectivity index (χ2n) is 6.41. The number of hydrogen-bond donors (Lipinski definition) is 4. The van der Waals surface area contributed by atoms with Crippen LogP contribution in [0.25, 0.3) is 0 Å². The van der Waals surface area contributed by atoms with E-state index < -0.39 is 5.97 Å². The van der Waals surface area contributed by atoms with Gasteiger partial charge >= 0.3 is 5.97 Å². The number of carboxylic acid groups (broad SMARTS) is 1. The first-order valence-corrected chi connectivity index (χ1v) is 8.76. The standard InChI is InChI=1S/C19H26N4O4/c1-11(5-4-8-24)21-17-15(12(2)22-19(20)23-17)9-13-6-7-14(18(25)26)10-16(13)27-3/h6-7,10-11,24H,4-5,8-9H2,1-3H3,(H,25,26)(H3,20,21,22,23)/t11-/m0/s1. The van der Waals surface area contributed by atoms with Gasteiger partial charge in [0, 0.05) is 30.3 Å². The number of aliphatic hydroxyl groups is 1. The van der Waals surface area contributed by atoms with Crippen molar-refractivity contribution in [2.24, 2.45) is 0 Å². The molecule has 1 atom stereocenters. The number of hydrogen-bond acceptors (Lipinski definition) is 7. The number of benzene rings is 1. The van der Waals surface area contributed by atoms with E-state index >= 15 is 0 Å². The molecular weight excluding hydrogens is 348 g/mol. The van der Waals surface area contributed by atoms with Gasteiger partial charge in [-0.25, -0.2) is 9.78 Å². The Balaban J connectivity index is 2.36. The zero-order valence-electron chi connectivity index (χ0n) is 15.8. The molecular formula is C19H26N4O4. The normalized spacial score (nSPS) is 11.9. The first-order chi connectivity index (χ1) is 12.8. The summed E-state index contributed by atoms with van der Waals surface area (Å²) >= 11 is 0. The number of nitrogens with one attached hydrogen (secondary N) is 1. The lowest BCUT2D eigenvalue weighted by Crippen LogP contribution is -2.19. The van der Waals surface area contributed by atoms with E-state index in [0.29, 0.717) is 24.4 Å². The summed E-state index contributed by atoms with van der Waals surface area (Å²) in [5.74, 6) is 0.299. The molecule has 0 saturated heterocycles. The maximum absolute atomic E-state index is 11.2. The Hall–Kier alpha value is -2.87. The summed E-state index contributed by atoms with van der Waals surface area (Å²) in [4.78, 5) is 19.8. The number of anilines is 2. The van der Waals surface area contributed by atoms with Gasteiger partial charge in [-0.2, -0.15) is 4.98 Å². The van der Waals surface area contributed by atoms with Crippen LogP contribution < -0.4 is 15.8 Å². The van der Waals surface area contributed by atoms with Crippen LogP contribution in [0.1, 0.15) is 46.9 Å². The third-order valence-electron chi connectivity index (χ3n) is 4.31. The zero-order valence-corrected chi connectivity index (χ0v) is 15.8. The molecule has 2 rings (SSSR count). The average molecular weight is 374 g/mol. The lowest BCUT2D eigenvalue weighted by Gasteiger charge is -2.19. The SMILES string of the molecule is COc1cc(C(=O)O)ccc1Cc1c(C)nc(N)nc1N[C@@H](C)CCCO. The van der Waals surface area contributed by atoms with Crippen molar-refractivity contribution in [2.75, 3.05) is 24.8 Å². The number of ether oxygens (including phenoxy) is 1. The zero-order chi connectivity index (χ0) is 20.0. The molecule has 0 aliphatic carbocycles. The minimum absolute atomic E-state index is 0.0980. The third kappa shape index (κ3) is 5.30. The molecule has 0 aliphatic heterocycles. The fourth-order valence-electron chi connectivity index (χ4n) is 2.87. The summed E-state index contributed by atoms with van der Waals surface area (Å²) in [6.07, 6.45) is 1.94. The predicted molar refractivity (Wildman–Crippen MR) is 103 cm³/mol. The van der Waals surface area contributed by atoms with Gasteiger partial charge in [0.1, 0.15) is 11.6 Å². The van der Waals surface area contributed by atoms with Crippen molar-refractivity contribution in [3.63, 3.8) is 0 Å². The number of aromatic nitrogens is 2. The van der Waals surface area contributed by atoms with Crippen molar-refractivity contribution in [3.8, 4) is 5.75 Å². The molecule has 0 fully saturated rings. The van der Waals surface area contributed by atoms with Crippen LogP contribution in [0.15, 0.2) is 18.2 Å². The summed E-state index contributed by atoms with van der Waals surface area (Å²) in [5.41, 5.74) is 8.40. The van der Waals surface area contributed by atoms with Crippen LogP contribution in [0.4, 0.5) is 11.8 Å². The highest BCUT2D eigenvalue weighted by atomic mass is 16.5. The molecule has 5 N–H and O–H groups in total. The number of aryl methyl sites for hydroxylation is 1. The van der Waals surface area contributed by atoms with Gasteiger partial charge in [-0.15, -0.1) is 0 Å². The van der Waals surface area contributed by atoms with Gasteiger partial charge in [-0.05, 0) is 44.4 Å². The predicted octanol–water partition coefficient (Wildman–Crippen LogP) is 2.24. The van der Waals surface area contributed by atoms with Crippen molar-refractivity contribution >= 4 is 17.7 Å². The van der Waals surface area contributed by atoms with Crippen LogP contribution in [0, 0.1) is 6.92 Å². The first-order valence-electron chi connectivity index (χ1n) is 8.76. The lowest BCUT2D eigenvalue weighted by atomic mass is 10.0. The van der Waals surface area contributed by atoms with E-state index in [1.54, 1.807) is 12.1 Å². The number of nitrogens with two attached hydrogens (primary N) is 1. The summed E-state index contributed by atoms with van der Waals surface area (Å²) in [6.45, 7) is 4.00. The largest absolute Gasteiger partial charge is 0.496 e. The summed E-state index contributed by atoms with van der Waals surface area (Å²) in [5, 5.41) is 21.5. The molecule has 1 aromatic carbocycles. The molecule has 8 nitrogen and oxygen atoms in total. The molecule has 0 aliphatic rings. The molecule has 0 bridgehead atoms. The molecule has 8 heteroatoms. The quantitative estimate of drug-likeness (QED) is 0.526. The van der Waals surface area contributed by atoms with E-state index in [1.807, 2.05) is 13.8 Å². The molecule has 1 heterocycles. The van der Waals surface area contributed by atoms with Gasteiger partial charge in [0.15, 0.2) is 0 Å². The monoisotopic (exact) mass is 374 g/mol. The first kappa shape index (κ1) is 20.4. The maximum Gasteiger partial charge on any atom is 0.335 e. The van der Waals surface area contributed by atoms with Gasteiger partial charge in [0.2, 0.25) is 5.95 Å². The minimum Gasteiger partial charge on any atom is -0.496 e. The molecule has 1 aromatic heterocycles. The summed E-state index contributed by atoms with van der Waals surface area (Å²) in [6, 6.07) is 4.88. The Morgan fingerprint density at radius 3 is 2.74 bits per heavy atom. The molecule has 0 radical (unpaired) electrons. The Kier molecular flexibility index (Phi) is 6.95. The number of methoxy groups -OCH3 is 1. The Labute approximate surface area is 158 Å². The minimum atomic E-state index is -1.01. The summed E-state index contributed by atoms with van der Waals surface area (Å²) < 4.78 is 5.37. The van der Waals surface area contributed by atoms with Crippen LogP contribution >= 0.6 is 0 Å². The number of nitrogens with zero attached hydrogens (tertiary/aromatic N) is 2. The van der Waals surface area contributed by atoms with E-state index in [0.717, 1.165) is 23.2 Å². The molecule has 2 aromatic rings. The van der Waals surface area contributed by atoms with E-state index in [1.165, 1.54) is 13.2 Å². The van der Waals surface area contributed by atoms with Crippen LogP contribution in [0.3, 0.4) is 0 Å². The maximum atomic E-state index is 11.2. The third-order valence-corrected chi connectivity index (χ3v) is 4.31. The molecule has 146 valence electrons. The second-order valence-corrected chi connectivity index (χ2v) is 6.41. The Bertz CT molecular complexity index is 811. The van der Waals surface area contributed by atoms with Crippen LogP contribution in [-0.2, 0) is 6.42 Å². The number of carboxylic acids is 1. The highest BCUT2D eigenvalue weighted by molar-refractivity contribution is 5.88. The van der Waals surface area contributed by atoms with Crippen LogP contribution in [-0.4, -0.2) is 45.9 Å². The van der Waals surface area contributed by atoms with Crippen LogP contribution in [0.2, 0.25) is 0 Å². The van der Waals surface area contributed by atoms with E-state index in [-0.39, 0.29) is 24.2 Å². The van der Waals surface area contributed by atoms with Crippen molar-refractivity contribution < 1.29 is 19.7 Å². The van der Waals surface area contributed by atoms with Gasteiger partial charge in [-0.1, -0.05) is 6.07 Å². The fraction of sp³-hybridized carbons (Fsp3) is 0.421. The second kappa shape index (κ2) is 9.18. The average Bonchev–Trinajstić information content (AvgIpc) is 2.62. The number of nitrogen functional groups attached to an aromatic ring is 1.